The van der Waals surface area contributed by atoms with Gasteiger partial charge in [0.15, 0.2) is 0 Å². The summed E-state index contributed by atoms with van der Waals surface area (Å²) in [6.45, 7) is 0. The first-order chi connectivity index (χ1) is 3.65. The summed E-state index contributed by atoms with van der Waals surface area (Å²) in [5.74, 6) is 0. The van der Waals surface area contributed by atoms with E-state index < -0.39 is 0 Å². The van der Waals surface area contributed by atoms with Crippen LogP contribution in [-0.2, 0) is 0 Å². The van der Waals surface area contributed by atoms with Gasteiger partial charge in [0.2, 0.25) is 0 Å². The van der Waals surface area contributed by atoms with Crippen molar-refractivity contribution < 1.29 is 0 Å². The van der Waals surface area contributed by atoms with Crippen LogP contribution in [0.25, 0.3) is 10.4 Å². The van der Waals surface area contributed by atoms with Gasteiger partial charge in [-0.05, 0) is 31.6 Å². The van der Waals surface area contributed by atoms with Gasteiger partial charge in [0.25, 0.3) is 0 Å². The van der Waals surface area contributed by atoms with Gasteiger partial charge in [0.1, 0.15) is 10.4 Å². The van der Waals surface area contributed by atoms with Crippen molar-refractivity contribution in [2.24, 2.45) is 4.78 Å². The highest BCUT2D eigenvalue weighted by Crippen LogP contribution is 1.47. The van der Waals surface area contributed by atoms with Crippen molar-refractivity contribution in [3.05, 3.63) is 10.4 Å². The molecule has 0 aromatic carbocycles. The smallest absolute Gasteiger partial charge is 0.107 e. The Hall–Kier alpha value is -0.513. The predicted molar refractivity (Wildman–Crippen MR) is 38.7 cm³/mol. The number of hydrogen-bond acceptors (Lipinski definition) is 2. The van der Waals surface area contributed by atoms with E-state index in [1.807, 2.05) is 26.0 Å². The molecule has 0 radical (unpaired) electrons. The molecule has 0 amide bonds. The lowest BCUT2D eigenvalue weighted by Gasteiger charge is -1.90. The van der Waals surface area contributed by atoms with Crippen LogP contribution in [0.5, 0.6) is 0 Å². The summed E-state index contributed by atoms with van der Waals surface area (Å²) >= 11 is 0. The van der Waals surface area contributed by atoms with Crippen molar-refractivity contribution in [1.29, 1.82) is 0 Å². The fourth-order valence-electron chi connectivity index (χ4n) is 0. The second-order valence-corrected chi connectivity index (χ2v) is 2.03. The van der Waals surface area contributed by atoms with Crippen molar-refractivity contribution in [2.45, 2.75) is 0 Å². The average Bonchev–Trinajstić information content (AvgIpc) is 1.65. The molecule has 5 heteroatoms. The highest BCUT2D eigenvalue weighted by molar-refractivity contribution is 6.05. The van der Waals surface area contributed by atoms with E-state index in [1.165, 1.54) is 0 Å². The van der Waals surface area contributed by atoms with Gasteiger partial charge in [-0.2, -0.15) is 0 Å². The van der Waals surface area contributed by atoms with E-state index in [-0.39, 0.29) is 0 Å². The van der Waals surface area contributed by atoms with E-state index in [4.69, 9.17) is 5.53 Å². The Morgan fingerprint density at radius 2 is 1.62 bits per heavy atom. The Morgan fingerprint density at radius 1 is 1.50 bits per heavy atom. The molecule has 0 heterocycles. The molecule has 0 unspecified atom stereocenters. The highest BCUT2D eigenvalue weighted by Gasteiger charge is 1.58. The molecule has 4 nitrogen and oxygen atoms in total. The van der Waals surface area contributed by atoms with Crippen LogP contribution >= 0.6 is 0 Å². The van der Waals surface area contributed by atoms with Gasteiger partial charge in [-0.15, -0.1) is 4.78 Å². The summed E-state index contributed by atoms with van der Waals surface area (Å²) in [7, 11) is 6.60. The van der Waals surface area contributed by atoms with Crippen LogP contribution in [0, 0.1) is 0 Å². The topological polar surface area (TPSA) is 52.0 Å². The minimum absolute atomic E-state index is 0.598. The lowest BCUT2D eigenvalue weighted by Crippen LogP contribution is -1.99. The molecule has 0 aliphatic rings. The van der Waals surface area contributed by atoms with Crippen LogP contribution in [-0.4, -0.2) is 36.4 Å². The quantitative estimate of drug-likeness (QED) is 0.194. The number of azide groups is 1. The van der Waals surface area contributed by atoms with Crippen LogP contribution in [0.15, 0.2) is 4.78 Å². The normalized spacial score (nSPS) is 7.00. The molecule has 8 heavy (non-hydrogen) atoms. The standard InChI is InChI=1S/C3H9N.H3N3Si/c1-4(2)3;1-2-3-4/h1-3H3;4H3. The molecule has 0 spiro atoms. The molecule has 0 fully saturated rings. The van der Waals surface area contributed by atoms with Gasteiger partial charge < -0.3 is 4.90 Å². The summed E-state index contributed by atoms with van der Waals surface area (Å²) in [5.41, 5.74) is 7.37. The molecule has 0 rings (SSSR count). The monoisotopic (exact) mass is 132 g/mol. The van der Waals surface area contributed by atoms with E-state index >= 15 is 0 Å². The highest BCUT2D eigenvalue weighted by atomic mass is 28.2. The minimum atomic E-state index is 0.598. The number of nitrogens with zero attached hydrogens (tertiary/aromatic N) is 4. The SMILES string of the molecule is CN(C)C.[N-]=[N+]=N[SiH3]. The summed E-state index contributed by atoms with van der Waals surface area (Å²) < 4.78 is 3.06. The van der Waals surface area contributed by atoms with Crippen LogP contribution < -0.4 is 0 Å². The molecule has 0 aliphatic heterocycles. The largest absolute Gasteiger partial charge is 0.312 e. The first-order valence-electron chi connectivity index (χ1n) is 2.19. The van der Waals surface area contributed by atoms with Gasteiger partial charge in [0.05, 0.1) is 0 Å². The molecule has 0 atom stereocenters. The van der Waals surface area contributed by atoms with Crippen LogP contribution in [0.2, 0.25) is 0 Å². The minimum Gasteiger partial charge on any atom is -0.312 e. The van der Waals surface area contributed by atoms with E-state index in [9.17, 15) is 0 Å². The summed E-state index contributed by atoms with van der Waals surface area (Å²) in [6, 6.07) is 0. The third kappa shape index (κ3) is 466. The lowest BCUT2D eigenvalue weighted by atomic mass is 11.0. The maximum absolute atomic E-state index is 7.37. The molecule has 0 bridgehead atoms. The first-order valence-corrected chi connectivity index (χ1v) is 3.08. The van der Waals surface area contributed by atoms with E-state index in [0.717, 1.165) is 0 Å². The second-order valence-electron chi connectivity index (χ2n) is 1.63. The lowest BCUT2D eigenvalue weighted by molar-refractivity contribution is 0.505. The third-order valence-corrected chi connectivity index (χ3v) is 0.268. The Bertz CT molecular complexity index is 72.6. The first kappa shape index (κ1) is 10.5. The Morgan fingerprint density at radius 3 is 1.62 bits per heavy atom. The molecule has 0 saturated carbocycles. The van der Waals surface area contributed by atoms with Crippen LogP contribution in [0.3, 0.4) is 0 Å². The van der Waals surface area contributed by atoms with Gasteiger partial charge in [-0.25, -0.2) is 0 Å². The van der Waals surface area contributed by atoms with Crippen molar-refractivity contribution in [3.8, 4) is 0 Å². The second kappa shape index (κ2) is 9.70. The maximum atomic E-state index is 7.37. The van der Waals surface area contributed by atoms with Crippen LogP contribution in [0.1, 0.15) is 0 Å². The van der Waals surface area contributed by atoms with Gasteiger partial charge in [-0.1, -0.05) is 0 Å². The van der Waals surface area contributed by atoms with Crippen molar-refractivity contribution in [3.63, 3.8) is 0 Å². The third-order valence-electron chi connectivity index (χ3n) is 0.0894. The molecular formula is C3H12N4Si. The zero-order chi connectivity index (χ0) is 6.99. The molecule has 0 N–H and O–H groups in total. The van der Waals surface area contributed by atoms with E-state index in [0.29, 0.717) is 10.4 Å². The number of hydrogen-bond donors (Lipinski definition) is 0. The van der Waals surface area contributed by atoms with Crippen molar-refractivity contribution in [1.82, 2.24) is 4.90 Å². The number of rotatable bonds is 0. The average molecular weight is 132 g/mol. The van der Waals surface area contributed by atoms with E-state index in [1.54, 1.807) is 0 Å². The zero-order valence-corrected chi connectivity index (χ0v) is 7.79. The fraction of sp³-hybridized carbons (Fsp3) is 1.00. The Kier molecular flexibility index (Phi) is 12.7. The molecule has 48 valence electrons. The molecular weight excluding hydrogens is 120 g/mol. The zero-order valence-electron chi connectivity index (χ0n) is 5.79. The van der Waals surface area contributed by atoms with Crippen molar-refractivity contribution >= 4 is 10.4 Å². The summed E-state index contributed by atoms with van der Waals surface area (Å²) in [4.78, 5) is 4.42. The molecule has 0 saturated heterocycles. The van der Waals surface area contributed by atoms with Crippen LogP contribution in [0.4, 0.5) is 0 Å². The molecule has 0 aromatic heterocycles. The molecule has 0 aliphatic carbocycles. The maximum Gasteiger partial charge on any atom is 0.107 e. The fourth-order valence-corrected chi connectivity index (χ4v) is 0. The van der Waals surface area contributed by atoms with E-state index in [2.05, 4.69) is 9.69 Å². The predicted octanol–water partition coefficient (Wildman–Crippen LogP) is -0.245. The molecule has 0 aromatic rings. The Balaban J connectivity index is 0. The van der Waals surface area contributed by atoms with Gasteiger partial charge in [0, 0.05) is 0 Å². The summed E-state index contributed by atoms with van der Waals surface area (Å²) in [5, 5.41) is 0. The Labute approximate surface area is 52.6 Å². The van der Waals surface area contributed by atoms with Crippen molar-refractivity contribution in [2.75, 3.05) is 21.1 Å². The van der Waals surface area contributed by atoms with Gasteiger partial charge >= 0.3 is 0 Å². The van der Waals surface area contributed by atoms with Gasteiger partial charge in [-0.3, -0.25) is 0 Å². The summed E-state index contributed by atoms with van der Waals surface area (Å²) in [6.07, 6.45) is 0.